The Morgan fingerprint density at radius 2 is 1.80 bits per heavy atom. The number of nitrogens with zero attached hydrogens (tertiary/aromatic N) is 1. The van der Waals surface area contributed by atoms with Crippen molar-refractivity contribution < 1.29 is 0 Å². The van der Waals surface area contributed by atoms with Crippen molar-refractivity contribution in [1.29, 1.82) is 0 Å². The van der Waals surface area contributed by atoms with Gasteiger partial charge in [-0.1, -0.05) is 40.9 Å². The van der Waals surface area contributed by atoms with Gasteiger partial charge >= 0.3 is 5.69 Å². The Labute approximate surface area is 121 Å². The summed E-state index contributed by atoms with van der Waals surface area (Å²) in [6, 6.07) is 11.7. The summed E-state index contributed by atoms with van der Waals surface area (Å²) in [5.41, 5.74) is 5.05. The molecule has 0 bridgehead atoms. The molecule has 1 N–H and O–H groups in total. The van der Waals surface area contributed by atoms with E-state index >= 15 is 0 Å². The maximum absolute atomic E-state index is 12.1. The number of aromatic nitrogens is 2. The van der Waals surface area contributed by atoms with Crippen LogP contribution in [0.2, 0.25) is 5.02 Å². The minimum atomic E-state index is -0.110. The van der Waals surface area contributed by atoms with Gasteiger partial charge in [0.05, 0.1) is 17.6 Å². The third kappa shape index (κ3) is 2.37. The van der Waals surface area contributed by atoms with E-state index in [9.17, 15) is 4.79 Å². The van der Waals surface area contributed by atoms with Gasteiger partial charge in [-0.3, -0.25) is 4.57 Å². The second-order valence-corrected chi connectivity index (χ2v) is 5.61. The van der Waals surface area contributed by atoms with Crippen molar-refractivity contribution in [2.24, 2.45) is 0 Å². The molecule has 102 valence electrons. The maximum atomic E-state index is 12.1. The SMILES string of the molecule is Cc1cc(C)cc(Cn2c(=O)[nH]c3ccc(Cl)cc32)c1. The van der Waals surface area contributed by atoms with Crippen LogP contribution in [0.1, 0.15) is 16.7 Å². The zero-order chi connectivity index (χ0) is 14.3. The van der Waals surface area contributed by atoms with E-state index in [4.69, 9.17) is 11.6 Å². The summed E-state index contributed by atoms with van der Waals surface area (Å²) in [6.45, 7) is 4.67. The molecule has 20 heavy (non-hydrogen) atoms. The zero-order valence-electron chi connectivity index (χ0n) is 11.4. The van der Waals surface area contributed by atoms with E-state index in [1.165, 1.54) is 11.1 Å². The molecule has 0 radical (unpaired) electrons. The first-order chi connectivity index (χ1) is 9.52. The Kier molecular flexibility index (Phi) is 3.14. The van der Waals surface area contributed by atoms with Gasteiger partial charge in [0, 0.05) is 5.02 Å². The van der Waals surface area contributed by atoms with Crippen molar-refractivity contribution in [3.63, 3.8) is 0 Å². The average molecular weight is 287 g/mol. The summed E-state index contributed by atoms with van der Waals surface area (Å²) < 4.78 is 1.72. The van der Waals surface area contributed by atoms with Crippen LogP contribution in [0, 0.1) is 13.8 Å². The van der Waals surface area contributed by atoms with Crippen molar-refractivity contribution >= 4 is 22.6 Å². The molecule has 3 nitrogen and oxygen atoms in total. The Bertz CT molecular complexity index is 825. The van der Waals surface area contributed by atoms with Crippen LogP contribution in [0.25, 0.3) is 11.0 Å². The summed E-state index contributed by atoms with van der Waals surface area (Å²) in [7, 11) is 0. The molecule has 0 spiro atoms. The van der Waals surface area contributed by atoms with Crippen LogP contribution < -0.4 is 5.69 Å². The summed E-state index contributed by atoms with van der Waals surface area (Å²) >= 11 is 6.02. The zero-order valence-corrected chi connectivity index (χ0v) is 12.2. The smallest absolute Gasteiger partial charge is 0.306 e. The van der Waals surface area contributed by atoms with E-state index in [1.54, 1.807) is 10.6 Å². The van der Waals surface area contributed by atoms with Crippen LogP contribution in [0.5, 0.6) is 0 Å². The monoisotopic (exact) mass is 286 g/mol. The molecule has 0 fully saturated rings. The highest BCUT2D eigenvalue weighted by Crippen LogP contribution is 2.18. The van der Waals surface area contributed by atoms with Crippen LogP contribution >= 0.6 is 11.6 Å². The first-order valence-corrected chi connectivity index (χ1v) is 6.86. The Balaban J connectivity index is 2.12. The predicted octanol–water partition coefficient (Wildman–Crippen LogP) is 3.65. The highest BCUT2D eigenvalue weighted by molar-refractivity contribution is 6.31. The van der Waals surface area contributed by atoms with Crippen LogP contribution in [-0.2, 0) is 6.54 Å². The Morgan fingerprint density at radius 3 is 2.50 bits per heavy atom. The number of nitrogens with one attached hydrogen (secondary N) is 1. The summed E-state index contributed by atoms with van der Waals surface area (Å²) in [6.07, 6.45) is 0. The summed E-state index contributed by atoms with van der Waals surface area (Å²) in [4.78, 5) is 14.9. The summed E-state index contributed by atoms with van der Waals surface area (Å²) in [5.74, 6) is 0. The van der Waals surface area contributed by atoms with Gasteiger partial charge in [0.25, 0.3) is 0 Å². The fourth-order valence-electron chi connectivity index (χ4n) is 2.63. The maximum Gasteiger partial charge on any atom is 0.326 e. The number of imidazole rings is 1. The predicted molar refractivity (Wildman–Crippen MR) is 82.6 cm³/mol. The molecule has 0 aliphatic heterocycles. The second-order valence-electron chi connectivity index (χ2n) is 5.17. The quantitative estimate of drug-likeness (QED) is 0.767. The Morgan fingerprint density at radius 1 is 1.10 bits per heavy atom. The number of benzene rings is 2. The van der Waals surface area contributed by atoms with Crippen LogP contribution in [0.3, 0.4) is 0 Å². The number of halogens is 1. The molecular weight excluding hydrogens is 272 g/mol. The first-order valence-electron chi connectivity index (χ1n) is 6.48. The number of rotatable bonds is 2. The number of fused-ring (bicyclic) bond motifs is 1. The topological polar surface area (TPSA) is 37.8 Å². The fourth-order valence-corrected chi connectivity index (χ4v) is 2.79. The molecule has 4 heteroatoms. The van der Waals surface area contributed by atoms with Gasteiger partial charge in [0.2, 0.25) is 0 Å². The van der Waals surface area contributed by atoms with Gasteiger partial charge in [-0.25, -0.2) is 4.79 Å². The molecule has 1 aromatic heterocycles. The molecular formula is C16H15ClN2O. The highest BCUT2D eigenvalue weighted by Gasteiger charge is 2.08. The molecule has 0 saturated carbocycles. The number of H-pyrrole nitrogens is 1. The van der Waals surface area contributed by atoms with E-state index in [0.717, 1.165) is 16.6 Å². The molecule has 3 rings (SSSR count). The number of hydrogen-bond acceptors (Lipinski definition) is 1. The number of aromatic amines is 1. The molecule has 0 atom stereocenters. The molecule has 2 aromatic carbocycles. The lowest BCUT2D eigenvalue weighted by atomic mass is 10.1. The molecule has 0 aliphatic rings. The normalized spacial score (nSPS) is 11.2. The average Bonchev–Trinajstić information content (AvgIpc) is 2.65. The van der Waals surface area contributed by atoms with Crippen LogP contribution in [0.4, 0.5) is 0 Å². The third-order valence-electron chi connectivity index (χ3n) is 3.36. The van der Waals surface area contributed by atoms with Gasteiger partial charge < -0.3 is 4.98 Å². The largest absolute Gasteiger partial charge is 0.326 e. The molecule has 0 aliphatic carbocycles. The lowest BCUT2D eigenvalue weighted by Gasteiger charge is -2.07. The van der Waals surface area contributed by atoms with Crippen molar-refractivity contribution in [1.82, 2.24) is 9.55 Å². The third-order valence-corrected chi connectivity index (χ3v) is 3.59. The van der Waals surface area contributed by atoms with Crippen LogP contribution in [-0.4, -0.2) is 9.55 Å². The van der Waals surface area contributed by atoms with Gasteiger partial charge in [-0.2, -0.15) is 0 Å². The van der Waals surface area contributed by atoms with E-state index in [0.29, 0.717) is 11.6 Å². The molecule has 0 saturated heterocycles. The van der Waals surface area contributed by atoms with Gasteiger partial charge in [0.15, 0.2) is 0 Å². The van der Waals surface area contributed by atoms with Crippen LogP contribution in [0.15, 0.2) is 41.2 Å². The summed E-state index contributed by atoms with van der Waals surface area (Å²) in [5, 5.41) is 0.630. The van der Waals surface area contributed by atoms with E-state index in [-0.39, 0.29) is 5.69 Å². The Hall–Kier alpha value is -2.00. The van der Waals surface area contributed by atoms with Gasteiger partial charge in [-0.05, 0) is 37.6 Å². The lowest BCUT2D eigenvalue weighted by Crippen LogP contribution is -2.17. The lowest BCUT2D eigenvalue weighted by molar-refractivity contribution is 0.785. The molecule has 0 unspecified atom stereocenters. The molecule has 1 heterocycles. The fraction of sp³-hybridized carbons (Fsp3) is 0.188. The van der Waals surface area contributed by atoms with Crippen molar-refractivity contribution in [2.75, 3.05) is 0 Å². The minimum absolute atomic E-state index is 0.110. The van der Waals surface area contributed by atoms with E-state index < -0.39 is 0 Å². The minimum Gasteiger partial charge on any atom is -0.306 e. The molecule has 3 aromatic rings. The standard InChI is InChI=1S/C16H15ClN2O/c1-10-5-11(2)7-12(6-10)9-19-15-8-13(17)3-4-14(15)18-16(19)20/h3-8H,9H2,1-2H3,(H,18,20). The number of hydrogen-bond donors (Lipinski definition) is 1. The second kappa shape index (κ2) is 4.84. The van der Waals surface area contributed by atoms with Gasteiger partial charge in [-0.15, -0.1) is 0 Å². The van der Waals surface area contributed by atoms with Gasteiger partial charge in [0.1, 0.15) is 0 Å². The van der Waals surface area contributed by atoms with Crippen molar-refractivity contribution in [3.8, 4) is 0 Å². The van der Waals surface area contributed by atoms with Crippen molar-refractivity contribution in [2.45, 2.75) is 20.4 Å². The van der Waals surface area contributed by atoms with E-state index in [1.807, 2.05) is 12.1 Å². The highest BCUT2D eigenvalue weighted by atomic mass is 35.5. The van der Waals surface area contributed by atoms with Crippen molar-refractivity contribution in [3.05, 3.63) is 68.6 Å². The first kappa shape index (κ1) is 13.0. The molecule has 0 amide bonds. The van der Waals surface area contributed by atoms with E-state index in [2.05, 4.69) is 37.0 Å². The number of aryl methyl sites for hydroxylation is 2.